The summed E-state index contributed by atoms with van der Waals surface area (Å²) < 4.78 is 0. The largest absolute Gasteiger partial charge is 0.329 e. The summed E-state index contributed by atoms with van der Waals surface area (Å²) in [5.41, 5.74) is 6.45. The van der Waals surface area contributed by atoms with Crippen molar-refractivity contribution in [3.63, 3.8) is 0 Å². The smallest absolute Gasteiger partial charge is 0.0355 e. The number of rotatable bonds is 3. The van der Waals surface area contributed by atoms with E-state index in [1.165, 1.54) is 64.5 Å². The van der Waals surface area contributed by atoms with E-state index < -0.39 is 0 Å². The summed E-state index contributed by atoms with van der Waals surface area (Å²) in [5, 5.41) is 0. The van der Waals surface area contributed by atoms with Crippen molar-refractivity contribution >= 4 is 0 Å². The van der Waals surface area contributed by atoms with Gasteiger partial charge in [-0.05, 0) is 52.9 Å². The fourth-order valence-electron chi connectivity index (χ4n) is 3.77. The van der Waals surface area contributed by atoms with Gasteiger partial charge in [0.1, 0.15) is 0 Å². The predicted molar refractivity (Wildman–Crippen MR) is 77.8 cm³/mol. The summed E-state index contributed by atoms with van der Waals surface area (Å²) >= 11 is 0. The lowest BCUT2D eigenvalue weighted by Gasteiger charge is -2.49. The minimum Gasteiger partial charge on any atom is -0.329 e. The van der Waals surface area contributed by atoms with Gasteiger partial charge in [0.15, 0.2) is 0 Å². The number of hydrogen-bond acceptors (Lipinski definition) is 3. The summed E-state index contributed by atoms with van der Waals surface area (Å²) in [6.45, 7) is 3.23. The molecule has 0 aromatic carbocycles. The first kappa shape index (κ1) is 14.3. The van der Waals surface area contributed by atoms with Crippen LogP contribution in [0.15, 0.2) is 0 Å². The molecule has 1 heterocycles. The molecule has 1 saturated carbocycles. The van der Waals surface area contributed by atoms with Crippen molar-refractivity contribution in [2.24, 2.45) is 5.73 Å². The third-order valence-corrected chi connectivity index (χ3v) is 5.42. The average Bonchev–Trinajstić information content (AvgIpc) is 2.68. The molecule has 1 aliphatic heterocycles. The zero-order valence-electron chi connectivity index (χ0n) is 12.3. The zero-order chi connectivity index (χ0) is 13.0. The molecular formula is C15H31N3. The Balaban J connectivity index is 2.01. The van der Waals surface area contributed by atoms with E-state index in [1.807, 2.05) is 0 Å². The third kappa shape index (κ3) is 3.06. The molecule has 1 aliphatic carbocycles. The lowest BCUT2D eigenvalue weighted by molar-refractivity contribution is 0.0179. The molecule has 106 valence electrons. The molecule has 0 aromatic heterocycles. The highest BCUT2D eigenvalue weighted by molar-refractivity contribution is 4.97. The number of hydrogen-bond donors (Lipinski definition) is 1. The van der Waals surface area contributed by atoms with Crippen LogP contribution in [0, 0.1) is 0 Å². The summed E-state index contributed by atoms with van der Waals surface area (Å²) in [7, 11) is 4.57. The van der Waals surface area contributed by atoms with Gasteiger partial charge in [0.25, 0.3) is 0 Å². The second-order valence-corrected chi connectivity index (χ2v) is 6.49. The highest BCUT2D eigenvalue weighted by atomic mass is 15.2. The van der Waals surface area contributed by atoms with Crippen molar-refractivity contribution in [2.45, 2.75) is 62.9 Å². The van der Waals surface area contributed by atoms with Gasteiger partial charge in [0, 0.05) is 18.1 Å². The highest BCUT2D eigenvalue weighted by Gasteiger charge is 2.39. The van der Waals surface area contributed by atoms with Crippen LogP contribution in [-0.2, 0) is 0 Å². The van der Waals surface area contributed by atoms with Crippen molar-refractivity contribution in [2.75, 3.05) is 33.7 Å². The van der Waals surface area contributed by atoms with E-state index in [0.717, 1.165) is 12.6 Å². The molecule has 0 unspecified atom stereocenters. The summed E-state index contributed by atoms with van der Waals surface area (Å²) in [6.07, 6.45) is 10.9. The fraction of sp³-hybridized carbons (Fsp3) is 1.00. The Labute approximate surface area is 113 Å². The second-order valence-electron chi connectivity index (χ2n) is 6.49. The first-order valence-corrected chi connectivity index (χ1v) is 7.79. The predicted octanol–water partition coefficient (Wildman–Crippen LogP) is 2.06. The topological polar surface area (TPSA) is 32.5 Å². The SMILES string of the molecule is CN1CCC(CN)(N(C)C2CCCCCC2)CC1. The van der Waals surface area contributed by atoms with Gasteiger partial charge in [-0.25, -0.2) is 0 Å². The normalized spacial score (nSPS) is 27.3. The standard InChI is InChI=1S/C15H31N3/c1-17-11-9-15(13-16,10-12-17)18(2)14-7-5-3-4-6-8-14/h14H,3-13,16H2,1-2H3. The van der Waals surface area contributed by atoms with E-state index in [4.69, 9.17) is 5.73 Å². The van der Waals surface area contributed by atoms with Crippen molar-refractivity contribution in [3.05, 3.63) is 0 Å². The van der Waals surface area contributed by atoms with Crippen LogP contribution in [-0.4, -0.2) is 55.1 Å². The van der Waals surface area contributed by atoms with Crippen LogP contribution in [0.2, 0.25) is 0 Å². The van der Waals surface area contributed by atoms with Gasteiger partial charge in [-0.1, -0.05) is 25.7 Å². The van der Waals surface area contributed by atoms with Crippen molar-refractivity contribution < 1.29 is 0 Å². The number of nitrogens with zero attached hydrogens (tertiary/aromatic N) is 2. The third-order valence-electron chi connectivity index (χ3n) is 5.42. The summed E-state index contributed by atoms with van der Waals surface area (Å²) in [4.78, 5) is 5.11. The molecular weight excluding hydrogens is 222 g/mol. The van der Waals surface area contributed by atoms with Crippen LogP contribution in [0.1, 0.15) is 51.4 Å². The van der Waals surface area contributed by atoms with Crippen molar-refractivity contribution in [3.8, 4) is 0 Å². The maximum Gasteiger partial charge on any atom is 0.0355 e. The van der Waals surface area contributed by atoms with E-state index >= 15 is 0 Å². The van der Waals surface area contributed by atoms with Crippen LogP contribution in [0.25, 0.3) is 0 Å². The Hall–Kier alpha value is -0.120. The molecule has 2 fully saturated rings. The molecule has 18 heavy (non-hydrogen) atoms. The minimum atomic E-state index is 0.279. The van der Waals surface area contributed by atoms with Gasteiger partial charge in [-0.3, -0.25) is 4.90 Å². The Morgan fingerprint density at radius 1 is 1.11 bits per heavy atom. The Morgan fingerprint density at radius 2 is 1.67 bits per heavy atom. The maximum atomic E-state index is 6.17. The van der Waals surface area contributed by atoms with Crippen LogP contribution in [0.3, 0.4) is 0 Å². The minimum absolute atomic E-state index is 0.279. The fourth-order valence-corrected chi connectivity index (χ4v) is 3.77. The monoisotopic (exact) mass is 253 g/mol. The van der Waals surface area contributed by atoms with Gasteiger partial charge in [-0.15, -0.1) is 0 Å². The Kier molecular flexibility index (Phi) is 5.05. The summed E-state index contributed by atoms with van der Waals surface area (Å²) in [5.74, 6) is 0. The zero-order valence-corrected chi connectivity index (χ0v) is 12.3. The van der Waals surface area contributed by atoms with E-state index in [-0.39, 0.29) is 5.54 Å². The van der Waals surface area contributed by atoms with E-state index in [1.54, 1.807) is 0 Å². The molecule has 0 amide bonds. The second kappa shape index (κ2) is 6.36. The molecule has 2 aliphatic rings. The Morgan fingerprint density at radius 3 is 2.17 bits per heavy atom. The average molecular weight is 253 g/mol. The molecule has 1 saturated heterocycles. The first-order valence-electron chi connectivity index (χ1n) is 7.79. The molecule has 0 spiro atoms. The van der Waals surface area contributed by atoms with E-state index in [9.17, 15) is 0 Å². The maximum absolute atomic E-state index is 6.17. The number of nitrogens with two attached hydrogens (primary N) is 1. The highest BCUT2D eigenvalue weighted by Crippen LogP contribution is 2.32. The van der Waals surface area contributed by atoms with E-state index in [0.29, 0.717) is 0 Å². The molecule has 0 radical (unpaired) electrons. The van der Waals surface area contributed by atoms with Crippen LogP contribution < -0.4 is 5.73 Å². The molecule has 3 nitrogen and oxygen atoms in total. The number of likely N-dealkylation sites (N-methyl/N-ethyl adjacent to an activating group) is 1. The molecule has 2 rings (SSSR count). The van der Waals surface area contributed by atoms with Gasteiger partial charge >= 0.3 is 0 Å². The Bertz CT molecular complexity index is 238. The molecule has 0 aromatic rings. The quantitative estimate of drug-likeness (QED) is 0.782. The van der Waals surface area contributed by atoms with Crippen LogP contribution in [0.5, 0.6) is 0 Å². The van der Waals surface area contributed by atoms with Crippen LogP contribution >= 0.6 is 0 Å². The molecule has 0 atom stereocenters. The number of likely N-dealkylation sites (tertiary alicyclic amines) is 1. The van der Waals surface area contributed by atoms with Gasteiger partial charge in [0.2, 0.25) is 0 Å². The van der Waals surface area contributed by atoms with Crippen LogP contribution in [0.4, 0.5) is 0 Å². The van der Waals surface area contributed by atoms with Crippen molar-refractivity contribution in [1.29, 1.82) is 0 Å². The summed E-state index contributed by atoms with van der Waals surface area (Å²) in [6, 6.07) is 0.777. The number of piperidine rings is 1. The van der Waals surface area contributed by atoms with E-state index in [2.05, 4.69) is 23.9 Å². The first-order chi connectivity index (χ1) is 8.68. The van der Waals surface area contributed by atoms with Gasteiger partial charge < -0.3 is 10.6 Å². The lowest BCUT2D eigenvalue weighted by Crippen LogP contribution is -2.60. The molecule has 3 heteroatoms. The molecule has 2 N–H and O–H groups in total. The van der Waals surface area contributed by atoms with Crippen molar-refractivity contribution in [1.82, 2.24) is 9.80 Å². The molecule has 0 bridgehead atoms. The lowest BCUT2D eigenvalue weighted by atomic mass is 9.84. The van der Waals surface area contributed by atoms with Gasteiger partial charge in [-0.2, -0.15) is 0 Å². The van der Waals surface area contributed by atoms with Gasteiger partial charge in [0.05, 0.1) is 0 Å².